The van der Waals surface area contributed by atoms with Crippen molar-refractivity contribution in [1.82, 2.24) is 14.5 Å². The molecule has 4 aromatic rings. The predicted octanol–water partition coefficient (Wildman–Crippen LogP) is 6.73. The van der Waals surface area contributed by atoms with Crippen LogP contribution in [0, 0.1) is 0 Å². The number of hydrogen-bond acceptors (Lipinski definition) is 4. The zero-order chi connectivity index (χ0) is 27.2. The maximum atomic E-state index is 13.3. The van der Waals surface area contributed by atoms with Gasteiger partial charge in [-0.25, -0.2) is 4.98 Å². The fourth-order valence-electron chi connectivity index (χ4n) is 3.93. The second-order valence-electron chi connectivity index (χ2n) is 8.82. The number of nitrogens with one attached hydrogen (secondary N) is 1. The normalized spacial score (nSPS) is 10.9. The summed E-state index contributed by atoms with van der Waals surface area (Å²) in [7, 11) is 0. The van der Waals surface area contributed by atoms with Crippen molar-refractivity contribution in [2.24, 2.45) is 0 Å². The Labute approximate surface area is 232 Å². The van der Waals surface area contributed by atoms with Crippen LogP contribution in [0.3, 0.4) is 0 Å². The monoisotopic (exact) mass is 550 g/mol. The van der Waals surface area contributed by atoms with Crippen LogP contribution in [0.5, 0.6) is 5.75 Å². The number of nitrogens with zero attached hydrogens (tertiary/aromatic N) is 3. The summed E-state index contributed by atoms with van der Waals surface area (Å²) in [6.07, 6.45) is 1.86. The minimum absolute atomic E-state index is 0.192. The molecule has 0 aliphatic rings. The highest BCUT2D eigenvalue weighted by atomic mass is 35.5. The molecule has 38 heavy (non-hydrogen) atoms. The topological polar surface area (TPSA) is 76.5 Å². The minimum atomic E-state index is -0.399. The molecule has 1 heterocycles. The van der Waals surface area contributed by atoms with Gasteiger partial charge in [-0.3, -0.25) is 19.5 Å². The van der Waals surface area contributed by atoms with Crippen LogP contribution in [0.4, 0.5) is 5.95 Å². The molecular weight excluding hydrogens is 523 g/mol. The maximum absolute atomic E-state index is 13.3. The molecule has 1 N–H and O–H groups in total. The van der Waals surface area contributed by atoms with Gasteiger partial charge < -0.3 is 9.64 Å². The zero-order valence-electron chi connectivity index (χ0n) is 21.3. The first-order chi connectivity index (χ1) is 18.3. The van der Waals surface area contributed by atoms with Crippen molar-refractivity contribution >= 4 is 41.0 Å². The third-order valence-electron chi connectivity index (χ3n) is 5.79. The summed E-state index contributed by atoms with van der Waals surface area (Å²) in [5.41, 5.74) is 2.63. The summed E-state index contributed by atoms with van der Waals surface area (Å²) < 4.78 is 7.45. The fourth-order valence-corrected chi connectivity index (χ4v) is 4.42. The molecule has 0 saturated heterocycles. The van der Waals surface area contributed by atoms with E-state index in [0.29, 0.717) is 29.0 Å². The highest BCUT2D eigenvalue weighted by Crippen LogP contribution is 2.27. The van der Waals surface area contributed by atoms with Gasteiger partial charge in [0, 0.05) is 28.9 Å². The number of amides is 2. The number of benzene rings is 3. The van der Waals surface area contributed by atoms with Crippen molar-refractivity contribution in [2.45, 2.75) is 26.8 Å². The van der Waals surface area contributed by atoms with Crippen molar-refractivity contribution in [2.75, 3.05) is 18.5 Å². The lowest BCUT2D eigenvalue weighted by molar-refractivity contribution is -0.117. The van der Waals surface area contributed by atoms with E-state index in [0.717, 1.165) is 11.3 Å². The number of ether oxygens (including phenoxy) is 1. The van der Waals surface area contributed by atoms with Gasteiger partial charge >= 0.3 is 0 Å². The number of carbonyl (C=O) groups excluding carboxylic acids is 2. The molecule has 0 unspecified atom stereocenters. The lowest BCUT2D eigenvalue weighted by Gasteiger charge is -2.26. The van der Waals surface area contributed by atoms with Crippen molar-refractivity contribution in [3.63, 3.8) is 0 Å². The molecule has 9 heteroatoms. The van der Waals surface area contributed by atoms with E-state index in [-0.39, 0.29) is 29.1 Å². The summed E-state index contributed by atoms with van der Waals surface area (Å²) in [6.45, 7) is 5.93. The van der Waals surface area contributed by atoms with Gasteiger partial charge in [-0.1, -0.05) is 59.6 Å². The van der Waals surface area contributed by atoms with Crippen LogP contribution in [0.25, 0.3) is 16.9 Å². The van der Waals surface area contributed by atoms with Crippen LogP contribution in [-0.4, -0.2) is 45.5 Å². The van der Waals surface area contributed by atoms with Gasteiger partial charge in [0.05, 0.1) is 28.6 Å². The molecule has 2 amide bonds. The number of aromatic nitrogens is 2. The van der Waals surface area contributed by atoms with E-state index in [1.165, 1.54) is 11.0 Å². The zero-order valence-corrected chi connectivity index (χ0v) is 22.8. The molecule has 4 rings (SSSR count). The first-order valence-electron chi connectivity index (χ1n) is 12.2. The van der Waals surface area contributed by atoms with Crippen LogP contribution < -0.4 is 10.1 Å². The minimum Gasteiger partial charge on any atom is -0.494 e. The quantitative estimate of drug-likeness (QED) is 0.250. The number of imidazole rings is 1. The molecule has 0 spiro atoms. The summed E-state index contributed by atoms with van der Waals surface area (Å²) >= 11 is 12.3. The highest BCUT2D eigenvalue weighted by molar-refractivity contribution is 6.36. The van der Waals surface area contributed by atoms with E-state index < -0.39 is 5.91 Å². The Kier molecular flexibility index (Phi) is 8.71. The smallest absolute Gasteiger partial charge is 0.256 e. The van der Waals surface area contributed by atoms with E-state index in [9.17, 15) is 9.59 Å². The van der Waals surface area contributed by atoms with Gasteiger partial charge in [0.1, 0.15) is 12.3 Å². The van der Waals surface area contributed by atoms with Crippen molar-refractivity contribution in [3.8, 4) is 22.7 Å². The number of rotatable bonds is 9. The molecule has 0 aliphatic carbocycles. The standard InChI is InChI=1S/C29H28Cl2N4O3/c1-4-38-23-12-8-11-22(16-23)35-17-26(20-9-6-5-7-10-20)32-29(35)33-27(36)18-34(19(2)3)28(37)24-14-13-21(30)15-25(24)31/h5-17,19H,4,18H2,1-3H3,(H,32,33,36). The van der Waals surface area contributed by atoms with Crippen LogP contribution in [-0.2, 0) is 4.79 Å². The molecule has 3 aromatic carbocycles. The maximum Gasteiger partial charge on any atom is 0.256 e. The van der Waals surface area contributed by atoms with E-state index in [1.54, 1.807) is 16.7 Å². The van der Waals surface area contributed by atoms with Crippen LogP contribution in [0.2, 0.25) is 10.0 Å². The lowest BCUT2D eigenvalue weighted by atomic mass is 10.1. The largest absolute Gasteiger partial charge is 0.494 e. The van der Waals surface area contributed by atoms with Gasteiger partial charge in [0.2, 0.25) is 11.9 Å². The van der Waals surface area contributed by atoms with Gasteiger partial charge in [-0.15, -0.1) is 0 Å². The molecule has 0 bridgehead atoms. The average molecular weight is 551 g/mol. The Hall–Kier alpha value is -3.81. The summed E-state index contributed by atoms with van der Waals surface area (Å²) in [5.74, 6) is 0.260. The highest BCUT2D eigenvalue weighted by Gasteiger charge is 2.24. The SMILES string of the molecule is CCOc1cccc(-n2cc(-c3ccccc3)nc2NC(=O)CN(C(=O)c2ccc(Cl)cc2Cl)C(C)C)c1. The predicted molar refractivity (Wildman–Crippen MR) is 151 cm³/mol. The molecule has 0 saturated carbocycles. The number of hydrogen-bond donors (Lipinski definition) is 1. The molecule has 0 atom stereocenters. The average Bonchev–Trinajstić information content (AvgIpc) is 3.31. The fraction of sp³-hybridized carbons (Fsp3) is 0.207. The lowest BCUT2D eigenvalue weighted by Crippen LogP contribution is -2.42. The van der Waals surface area contributed by atoms with Gasteiger partial charge in [0.15, 0.2) is 0 Å². The Morgan fingerprint density at radius 1 is 1.03 bits per heavy atom. The van der Waals surface area contributed by atoms with Crippen molar-refractivity contribution in [1.29, 1.82) is 0 Å². The Morgan fingerprint density at radius 2 is 1.79 bits per heavy atom. The number of halogens is 2. The van der Waals surface area contributed by atoms with Gasteiger partial charge in [0.25, 0.3) is 5.91 Å². The molecule has 0 aliphatic heterocycles. The second-order valence-corrected chi connectivity index (χ2v) is 9.66. The second kappa shape index (κ2) is 12.2. The molecule has 0 radical (unpaired) electrons. The molecule has 196 valence electrons. The van der Waals surface area contributed by atoms with Crippen molar-refractivity contribution in [3.05, 3.63) is 94.6 Å². The first-order valence-corrected chi connectivity index (χ1v) is 13.0. The molecule has 0 fully saturated rings. The summed E-state index contributed by atoms with van der Waals surface area (Å²) in [6, 6.07) is 21.6. The van der Waals surface area contributed by atoms with Gasteiger partial charge in [-0.05, 0) is 51.1 Å². The van der Waals surface area contributed by atoms with Crippen molar-refractivity contribution < 1.29 is 14.3 Å². The van der Waals surface area contributed by atoms with Crippen LogP contribution in [0.1, 0.15) is 31.1 Å². The Morgan fingerprint density at radius 3 is 2.47 bits per heavy atom. The Balaban J connectivity index is 1.63. The third kappa shape index (κ3) is 6.36. The summed E-state index contributed by atoms with van der Waals surface area (Å²) in [4.78, 5) is 32.7. The number of anilines is 1. The van der Waals surface area contributed by atoms with E-state index in [1.807, 2.05) is 81.6 Å². The van der Waals surface area contributed by atoms with Gasteiger partial charge in [-0.2, -0.15) is 0 Å². The number of carbonyl (C=O) groups is 2. The van der Waals surface area contributed by atoms with E-state index in [2.05, 4.69) is 5.32 Å². The molecule has 1 aromatic heterocycles. The third-order valence-corrected chi connectivity index (χ3v) is 6.34. The first kappa shape index (κ1) is 27.2. The molecular formula is C29H28Cl2N4O3. The summed E-state index contributed by atoms with van der Waals surface area (Å²) in [5, 5.41) is 3.54. The Bertz CT molecular complexity index is 1440. The molecule has 7 nitrogen and oxygen atoms in total. The van der Waals surface area contributed by atoms with E-state index >= 15 is 0 Å². The van der Waals surface area contributed by atoms with E-state index in [4.69, 9.17) is 32.9 Å². The van der Waals surface area contributed by atoms with Crippen LogP contribution >= 0.6 is 23.2 Å². The van der Waals surface area contributed by atoms with Crippen LogP contribution in [0.15, 0.2) is 79.0 Å².